The minimum absolute atomic E-state index is 0.0685. The summed E-state index contributed by atoms with van der Waals surface area (Å²) in [5.41, 5.74) is 2.81. The van der Waals surface area contributed by atoms with Crippen LogP contribution in [0.2, 0.25) is 5.15 Å². The lowest BCUT2D eigenvalue weighted by atomic mass is 9.90. The lowest BCUT2D eigenvalue weighted by Gasteiger charge is -2.31. The smallest absolute Gasteiger partial charge is 0.259 e. The molecule has 9 heteroatoms. The number of likely N-dealkylation sites (tertiary alicyclic amines) is 1. The van der Waals surface area contributed by atoms with Crippen LogP contribution in [0, 0.1) is 6.92 Å². The highest BCUT2D eigenvalue weighted by atomic mass is 35.5. The third-order valence-corrected chi connectivity index (χ3v) is 5.44. The topological polar surface area (TPSA) is 101 Å². The van der Waals surface area contributed by atoms with Gasteiger partial charge < -0.3 is 14.7 Å². The van der Waals surface area contributed by atoms with E-state index in [1.165, 1.54) is 6.20 Å². The van der Waals surface area contributed by atoms with Crippen molar-refractivity contribution in [1.82, 2.24) is 25.3 Å². The third kappa shape index (κ3) is 3.67. The normalized spacial score (nSPS) is 14.9. The Labute approximate surface area is 172 Å². The fraction of sp³-hybridized carbons (Fsp3) is 0.350. The standard InChI is InChI=1S/C20H20ClN5O3/c1-11-9-14(18(27)22-2)16-17(25-29-19(16)24-11)12-5-7-26(8-6-12)20(28)13-3-4-15(21)23-10-13/h3-4,9-10,12H,5-8H2,1-2H3,(H,22,27). The monoisotopic (exact) mass is 413 g/mol. The fourth-order valence-electron chi connectivity index (χ4n) is 3.73. The number of fused-ring (bicyclic) bond motifs is 1. The van der Waals surface area contributed by atoms with Gasteiger partial charge in [0.25, 0.3) is 17.5 Å². The first-order valence-electron chi connectivity index (χ1n) is 9.37. The average molecular weight is 414 g/mol. The van der Waals surface area contributed by atoms with Gasteiger partial charge in [-0.05, 0) is 38.0 Å². The van der Waals surface area contributed by atoms with Crippen molar-refractivity contribution in [3.8, 4) is 0 Å². The average Bonchev–Trinajstić information content (AvgIpc) is 3.16. The summed E-state index contributed by atoms with van der Waals surface area (Å²) < 4.78 is 5.43. The Bertz CT molecular complexity index is 1070. The number of hydrogen-bond acceptors (Lipinski definition) is 6. The molecule has 1 fully saturated rings. The fourth-order valence-corrected chi connectivity index (χ4v) is 3.84. The Hall–Kier alpha value is -3.00. The molecule has 0 spiro atoms. The second-order valence-corrected chi connectivity index (χ2v) is 7.46. The Kier molecular flexibility index (Phi) is 5.19. The number of amides is 2. The van der Waals surface area contributed by atoms with E-state index in [2.05, 4.69) is 20.4 Å². The predicted molar refractivity (Wildman–Crippen MR) is 107 cm³/mol. The van der Waals surface area contributed by atoms with Crippen LogP contribution in [-0.2, 0) is 0 Å². The lowest BCUT2D eigenvalue weighted by molar-refractivity contribution is 0.0711. The first kappa shape index (κ1) is 19.3. The second-order valence-electron chi connectivity index (χ2n) is 7.07. The van der Waals surface area contributed by atoms with Gasteiger partial charge in [0.1, 0.15) is 5.15 Å². The van der Waals surface area contributed by atoms with E-state index in [1.807, 2.05) is 6.92 Å². The number of piperidine rings is 1. The van der Waals surface area contributed by atoms with Gasteiger partial charge >= 0.3 is 0 Å². The number of carbonyl (C=O) groups excluding carboxylic acids is 2. The molecule has 2 amide bonds. The molecule has 0 bridgehead atoms. The van der Waals surface area contributed by atoms with Crippen LogP contribution < -0.4 is 5.32 Å². The number of rotatable bonds is 3. The lowest BCUT2D eigenvalue weighted by Crippen LogP contribution is -2.38. The van der Waals surface area contributed by atoms with Crippen molar-refractivity contribution in [3.63, 3.8) is 0 Å². The Balaban J connectivity index is 1.56. The van der Waals surface area contributed by atoms with Crippen LogP contribution >= 0.6 is 11.6 Å². The van der Waals surface area contributed by atoms with Gasteiger partial charge in [0.15, 0.2) is 0 Å². The number of pyridine rings is 2. The number of carbonyl (C=O) groups is 2. The van der Waals surface area contributed by atoms with E-state index in [0.717, 1.165) is 18.5 Å². The predicted octanol–water partition coefficient (Wildman–Crippen LogP) is 2.96. The highest BCUT2D eigenvalue weighted by Crippen LogP contribution is 2.34. The van der Waals surface area contributed by atoms with E-state index < -0.39 is 0 Å². The van der Waals surface area contributed by atoms with E-state index in [-0.39, 0.29) is 17.7 Å². The van der Waals surface area contributed by atoms with Gasteiger partial charge in [0.05, 0.1) is 22.2 Å². The summed E-state index contributed by atoms with van der Waals surface area (Å²) in [6, 6.07) is 5.03. The molecule has 150 valence electrons. The zero-order chi connectivity index (χ0) is 20.5. The second kappa shape index (κ2) is 7.79. The Morgan fingerprint density at radius 1 is 1.28 bits per heavy atom. The maximum absolute atomic E-state index is 12.7. The van der Waals surface area contributed by atoms with E-state index in [9.17, 15) is 9.59 Å². The van der Waals surface area contributed by atoms with Crippen LogP contribution in [0.25, 0.3) is 11.1 Å². The molecular weight excluding hydrogens is 394 g/mol. The van der Waals surface area contributed by atoms with Crippen LogP contribution in [0.1, 0.15) is 50.9 Å². The largest absolute Gasteiger partial charge is 0.355 e. The van der Waals surface area contributed by atoms with Crippen LogP contribution in [0.4, 0.5) is 0 Å². The van der Waals surface area contributed by atoms with E-state index in [0.29, 0.717) is 46.2 Å². The van der Waals surface area contributed by atoms with Crippen LogP contribution in [0.15, 0.2) is 28.9 Å². The zero-order valence-electron chi connectivity index (χ0n) is 16.1. The summed E-state index contributed by atoms with van der Waals surface area (Å²) in [5, 5.41) is 7.90. The molecule has 8 nitrogen and oxygen atoms in total. The molecule has 0 unspecified atom stereocenters. The van der Waals surface area contributed by atoms with Crippen molar-refractivity contribution < 1.29 is 14.1 Å². The van der Waals surface area contributed by atoms with Gasteiger partial charge in [-0.1, -0.05) is 16.8 Å². The summed E-state index contributed by atoms with van der Waals surface area (Å²) in [7, 11) is 1.59. The summed E-state index contributed by atoms with van der Waals surface area (Å²) in [5.74, 6) is -0.190. The summed E-state index contributed by atoms with van der Waals surface area (Å²) in [4.78, 5) is 35.2. The highest BCUT2D eigenvalue weighted by Gasteiger charge is 2.30. The molecule has 0 radical (unpaired) electrons. The molecule has 1 aliphatic heterocycles. The number of aryl methyl sites for hydroxylation is 1. The van der Waals surface area contributed by atoms with Crippen molar-refractivity contribution in [2.24, 2.45) is 0 Å². The molecule has 0 aromatic carbocycles. The summed E-state index contributed by atoms with van der Waals surface area (Å²) >= 11 is 5.80. The van der Waals surface area contributed by atoms with Crippen molar-refractivity contribution in [2.75, 3.05) is 20.1 Å². The molecule has 0 saturated carbocycles. The Morgan fingerprint density at radius 2 is 2.03 bits per heavy atom. The maximum Gasteiger partial charge on any atom is 0.259 e. The highest BCUT2D eigenvalue weighted by molar-refractivity contribution is 6.29. The number of nitrogens with one attached hydrogen (secondary N) is 1. The van der Waals surface area contributed by atoms with Gasteiger partial charge in [0, 0.05) is 37.9 Å². The number of aromatic nitrogens is 3. The first-order chi connectivity index (χ1) is 14.0. The Morgan fingerprint density at radius 3 is 2.69 bits per heavy atom. The molecule has 4 rings (SSSR count). The SMILES string of the molecule is CNC(=O)c1cc(C)nc2onc(C3CCN(C(=O)c4ccc(Cl)nc4)CC3)c12. The number of hydrogen-bond donors (Lipinski definition) is 1. The molecule has 1 aliphatic rings. The van der Waals surface area contributed by atoms with Gasteiger partial charge in [-0.2, -0.15) is 0 Å². The molecule has 0 atom stereocenters. The molecule has 4 heterocycles. The molecule has 0 aliphatic carbocycles. The van der Waals surface area contributed by atoms with Gasteiger partial charge in [0.2, 0.25) is 0 Å². The molecule has 1 N–H and O–H groups in total. The summed E-state index contributed by atoms with van der Waals surface area (Å²) in [6.07, 6.45) is 2.93. The molecular formula is C20H20ClN5O3. The molecule has 3 aromatic heterocycles. The first-order valence-corrected chi connectivity index (χ1v) is 9.75. The van der Waals surface area contributed by atoms with Gasteiger partial charge in [-0.25, -0.2) is 9.97 Å². The quantitative estimate of drug-likeness (QED) is 0.662. The van der Waals surface area contributed by atoms with Crippen molar-refractivity contribution >= 4 is 34.5 Å². The van der Waals surface area contributed by atoms with Gasteiger partial charge in [-0.15, -0.1) is 0 Å². The van der Waals surface area contributed by atoms with Crippen LogP contribution in [-0.4, -0.2) is 52.0 Å². The van der Waals surface area contributed by atoms with Crippen molar-refractivity contribution in [1.29, 1.82) is 0 Å². The minimum Gasteiger partial charge on any atom is -0.355 e. The van der Waals surface area contributed by atoms with E-state index in [4.69, 9.17) is 16.1 Å². The molecule has 29 heavy (non-hydrogen) atoms. The maximum atomic E-state index is 12.7. The molecule has 3 aromatic rings. The zero-order valence-corrected chi connectivity index (χ0v) is 16.9. The third-order valence-electron chi connectivity index (χ3n) is 5.22. The minimum atomic E-state index is -0.201. The van der Waals surface area contributed by atoms with Crippen molar-refractivity contribution in [2.45, 2.75) is 25.7 Å². The molecule has 1 saturated heterocycles. The number of halogens is 1. The van der Waals surface area contributed by atoms with Gasteiger partial charge in [-0.3, -0.25) is 9.59 Å². The van der Waals surface area contributed by atoms with Crippen LogP contribution in [0.3, 0.4) is 0 Å². The number of nitrogens with zero attached hydrogens (tertiary/aromatic N) is 4. The van der Waals surface area contributed by atoms with E-state index >= 15 is 0 Å². The van der Waals surface area contributed by atoms with Crippen LogP contribution in [0.5, 0.6) is 0 Å². The van der Waals surface area contributed by atoms with Crippen molar-refractivity contribution in [3.05, 3.63) is 52.1 Å². The van der Waals surface area contributed by atoms with E-state index in [1.54, 1.807) is 30.1 Å². The summed E-state index contributed by atoms with van der Waals surface area (Å²) in [6.45, 7) is 2.97.